The van der Waals surface area contributed by atoms with Crippen molar-refractivity contribution in [2.45, 2.75) is 26.7 Å². The number of benzene rings is 2. The molecule has 0 aromatic heterocycles. The molecule has 0 spiro atoms. The predicted octanol–water partition coefficient (Wildman–Crippen LogP) is 4.11. The maximum absolute atomic E-state index is 11.9. The number of carbonyl (C=O) groups is 2. The van der Waals surface area contributed by atoms with Crippen molar-refractivity contribution in [2.75, 3.05) is 6.61 Å². The first-order chi connectivity index (χ1) is 12.8. The van der Waals surface area contributed by atoms with Gasteiger partial charge in [-0.15, -0.1) is 0 Å². The zero-order valence-electron chi connectivity index (χ0n) is 15.3. The molecule has 0 saturated heterocycles. The summed E-state index contributed by atoms with van der Waals surface area (Å²) in [5, 5.41) is 12.7. The zero-order chi connectivity index (χ0) is 20.0. The minimum absolute atomic E-state index is 0.157. The Balaban J connectivity index is 1.93. The lowest BCUT2D eigenvalue weighted by Gasteiger charge is -2.15. The second-order valence-corrected chi connectivity index (χ2v) is 7.16. The fourth-order valence-electron chi connectivity index (χ4n) is 2.31. The highest BCUT2D eigenvalue weighted by Gasteiger charge is 2.12. The number of hydrogen-bond acceptors (Lipinski definition) is 4. The van der Waals surface area contributed by atoms with E-state index in [1.165, 1.54) is 18.3 Å². The van der Waals surface area contributed by atoms with Gasteiger partial charge in [0, 0.05) is 4.47 Å². The van der Waals surface area contributed by atoms with Crippen molar-refractivity contribution >= 4 is 34.0 Å². The van der Waals surface area contributed by atoms with E-state index in [-0.39, 0.29) is 24.0 Å². The standard InChI is InChI=1S/C20H21BrN2O4/c1-12(2)16-9-17(21)13(3)8-18(16)27-11-19(24)23-22-10-14-4-6-15(7-5-14)20(25)26/h4-10,12H,11H2,1-3H3,(H,23,24)(H,25,26)/b22-10+. The molecular formula is C20H21BrN2O4. The van der Waals surface area contributed by atoms with Gasteiger partial charge in [-0.25, -0.2) is 10.2 Å². The van der Waals surface area contributed by atoms with Gasteiger partial charge in [-0.3, -0.25) is 4.79 Å². The number of carboxylic acids is 1. The van der Waals surface area contributed by atoms with Crippen LogP contribution in [0.4, 0.5) is 0 Å². The molecule has 2 rings (SSSR count). The third-order valence-electron chi connectivity index (χ3n) is 3.83. The first kappa shape index (κ1) is 20.6. The van der Waals surface area contributed by atoms with Gasteiger partial charge >= 0.3 is 5.97 Å². The molecular weight excluding hydrogens is 412 g/mol. The number of carboxylic acid groups (broad SMARTS) is 1. The number of hydrogen-bond donors (Lipinski definition) is 2. The van der Waals surface area contributed by atoms with Crippen LogP contribution in [0.15, 0.2) is 46.0 Å². The van der Waals surface area contributed by atoms with Crippen molar-refractivity contribution in [3.05, 3.63) is 63.1 Å². The van der Waals surface area contributed by atoms with Crippen LogP contribution in [-0.2, 0) is 4.79 Å². The van der Waals surface area contributed by atoms with E-state index >= 15 is 0 Å². The lowest BCUT2D eigenvalue weighted by molar-refractivity contribution is -0.123. The van der Waals surface area contributed by atoms with Gasteiger partial charge in [-0.1, -0.05) is 41.9 Å². The van der Waals surface area contributed by atoms with Gasteiger partial charge in [0.25, 0.3) is 5.91 Å². The van der Waals surface area contributed by atoms with Crippen LogP contribution in [0.5, 0.6) is 5.75 Å². The van der Waals surface area contributed by atoms with E-state index in [1.807, 2.05) is 19.1 Å². The zero-order valence-corrected chi connectivity index (χ0v) is 16.9. The van der Waals surface area contributed by atoms with Gasteiger partial charge in [0.2, 0.25) is 0 Å². The fourth-order valence-corrected chi connectivity index (χ4v) is 2.67. The van der Waals surface area contributed by atoms with Crippen LogP contribution < -0.4 is 10.2 Å². The summed E-state index contributed by atoms with van der Waals surface area (Å²) in [5.74, 6) is -0.447. The molecule has 0 bridgehead atoms. The van der Waals surface area contributed by atoms with Gasteiger partial charge in [0.1, 0.15) is 5.75 Å². The summed E-state index contributed by atoms with van der Waals surface area (Å²) < 4.78 is 6.67. The number of ether oxygens (including phenoxy) is 1. The molecule has 0 aliphatic carbocycles. The van der Waals surface area contributed by atoms with Gasteiger partial charge in [-0.2, -0.15) is 5.10 Å². The van der Waals surface area contributed by atoms with Crippen molar-refractivity contribution in [3.63, 3.8) is 0 Å². The Morgan fingerprint density at radius 2 is 1.93 bits per heavy atom. The predicted molar refractivity (Wildman–Crippen MR) is 108 cm³/mol. The minimum atomic E-state index is -0.993. The number of aromatic carboxylic acids is 1. The van der Waals surface area contributed by atoms with E-state index in [4.69, 9.17) is 9.84 Å². The summed E-state index contributed by atoms with van der Waals surface area (Å²) in [7, 11) is 0. The average Bonchev–Trinajstić information content (AvgIpc) is 2.62. The normalized spacial score (nSPS) is 11.0. The summed E-state index contributed by atoms with van der Waals surface area (Å²) in [4.78, 5) is 22.7. The molecule has 2 N–H and O–H groups in total. The molecule has 2 aromatic rings. The first-order valence-electron chi connectivity index (χ1n) is 8.36. The summed E-state index contributed by atoms with van der Waals surface area (Å²) in [6.45, 7) is 5.92. The fraction of sp³-hybridized carbons (Fsp3) is 0.250. The average molecular weight is 433 g/mol. The lowest BCUT2D eigenvalue weighted by atomic mass is 10.0. The number of aryl methyl sites for hydroxylation is 1. The number of halogens is 1. The highest BCUT2D eigenvalue weighted by molar-refractivity contribution is 9.10. The molecule has 6 nitrogen and oxygen atoms in total. The van der Waals surface area contributed by atoms with Crippen LogP contribution in [0.3, 0.4) is 0 Å². The Labute approximate surface area is 166 Å². The lowest BCUT2D eigenvalue weighted by Crippen LogP contribution is -2.25. The number of nitrogens with zero attached hydrogens (tertiary/aromatic N) is 1. The summed E-state index contributed by atoms with van der Waals surface area (Å²) in [6, 6.07) is 10.1. The van der Waals surface area contributed by atoms with Crippen molar-refractivity contribution < 1.29 is 19.4 Å². The Kier molecular flexibility index (Phi) is 7.12. The molecule has 0 aliphatic heterocycles. The van der Waals surface area contributed by atoms with Gasteiger partial charge in [0.15, 0.2) is 6.61 Å². The molecule has 0 fully saturated rings. The molecule has 7 heteroatoms. The maximum atomic E-state index is 11.9. The van der Waals surface area contributed by atoms with Crippen LogP contribution in [0.1, 0.15) is 46.8 Å². The number of amides is 1. The Bertz CT molecular complexity index is 861. The van der Waals surface area contributed by atoms with Crippen molar-refractivity contribution in [2.24, 2.45) is 5.10 Å². The molecule has 0 heterocycles. The van der Waals surface area contributed by atoms with Crippen LogP contribution in [0, 0.1) is 6.92 Å². The van der Waals surface area contributed by atoms with Crippen LogP contribution in [-0.4, -0.2) is 29.8 Å². The Hall–Kier alpha value is -2.67. The number of hydrazone groups is 1. The topological polar surface area (TPSA) is 88.0 Å². The largest absolute Gasteiger partial charge is 0.483 e. The minimum Gasteiger partial charge on any atom is -0.483 e. The molecule has 0 aliphatic rings. The van der Waals surface area contributed by atoms with Crippen molar-refractivity contribution in [1.82, 2.24) is 5.43 Å². The third kappa shape index (κ3) is 5.92. The Morgan fingerprint density at radius 3 is 2.52 bits per heavy atom. The summed E-state index contributed by atoms with van der Waals surface area (Å²) in [5.41, 5.74) is 5.30. The van der Waals surface area contributed by atoms with E-state index in [2.05, 4.69) is 40.3 Å². The summed E-state index contributed by atoms with van der Waals surface area (Å²) >= 11 is 3.51. The van der Waals surface area contributed by atoms with Crippen molar-refractivity contribution in [1.29, 1.82) is 0 Å². The van der Waals surface area contributed by atoms with E-state index in [0.717, 1.165) is 15.6 Å². The quantitative estimate of drug-likeness (QED) is 0.508. The Morgan fingerprint density at radius 1 is 1.26 bits per heavy atom. The van der Waals surface area contributed by atoms with Crippen LogP contribution >= 0.6 is 15.9 Å². The smallest absolute Gasteiger partial charge is 0.335 e. The van der Waals surface area contributed by atoms with E-state index in [0.29, 0.717) is 11.3 Å². The molecule has 0 atom stereocenters. The second kappa shape index (κ2) is 9.32. The number of nitrogens with one attached hydrogen (secondary N) is 1. The molecule has 1 amide bonds. The van der Waals surface area contributed by atoms with E-state index in [9.17, 15) is 9.59 Å². The molecule has 0 saturated carbocycles. The molecule has 27 heavy (non-hydrogen) atoms. The van der Waals surface area contributed by atoms with Gasteiger partial charge < -0.3 is 9.84 Å². The highest BCUT2D eigenvalue weighted by Crippen LogP contribution is 2.32. The van der Waals surface area contributed by atoms with E-state index < -0.39 is 5.97 Å². The number of rotatable bonds is 7. The molecule has 0 unspecified atom stereocenters. The number of carbonyl (C=O) groups excluding carboxylic acids is 1. The van der Waals surface area contributed by atoms with Crippen LogP contribution in [0.2, 0.25) is 0 Å². The summed E-state index contributed by atoms with van der Waals surface area (Å²) in [6.07, 6.45) is 1.44. The first-order valence-corrected chi connectivity index (χ1v) is 9.15. The monoisotopic (exact) mass is 432 g/mol. The second-order valence-electron chi connectivity index (χ2n) is 6.30. The van der Waals surface area contributed by atoms with Crippen LogP contribution in [0.25, 0.3) is 0 Å². The third-order valence-corrected chi connectivity index (χ3v) is 4.69. The SMILES string of the molecule is Cc1cc(OCC(=O)N/N=C/c2ccc(C(=O)O)cc2)c(C(C)C)cc1Br. The highest BCUT2D eigenvalue weighted by atomic mass is 79.9. The van der Waals surface area contributed by atoms with Gasteiger partial charge in [-0.05, 0) is 53.8 Å². The molecule has 2 aromatic carbocycles. The van der Waals surface area contributed by atoms with Gasteiger partial charge in [0.05, 0.1) is 11.8 Å². The maximum Gasteiger partial charge on any atom is 0.335 e. The van der Waals surface area contributed by atoms with E-state index in [1.54, 1.807) is 12.1 Å². The molecule has 0 radical (unpaired) electrons. The molecule has 142 valence electrons. The van der Waals surface area contributed by atoms with Crippen molar-refractivity contribution in [3.8, 4) is 5.75 Å².